The third-order valence-corrected chi connectivity index (χ3v) is 10.8. The van der Waals surface area contributed by atoms with Gasteiger partial charge in [-0.15, -0.1) is 0 Å². The second-order valence-electron chi connectivity index (χ2n) is 16.3. The second-order valence-corrected chi connectivity index (χ2v) is 16.3. The van der Waals surface area contributed by atoms with Crippen molar-refractivity contribution >= 4 is 59.2 Å². The zero-order valence-electron chi connectivity index (χ0n) is 37.7. The molecule has 16 N–H and O–H groups in total. The molecule has 3 heterocycles. The Labute approximate surface area is 388 Å². The van der Waals surface area contributed by atoms with E-state index in [-0.39, 0.29) is 38.8 Å². The predicted molar refractivity (Wildman–Crippen MR) is 224 cm³/mol. The average Bonchev–Trinajstić information content (AvgIpc) is 3.70. The van der Waals surface area contributed by atoms with Crippen LogP contribution in [0.1, 0.15) is 66.2 Å². The van der Waals surface area contributed by atoms with Gasteiger partial charge in [0.25, 0.3) is 0 Å². The Morgan fingerprint density at radius 1 is 0.750 bits per heavy atom. The molecule has 0 aromatic carbocycles. The first-order valence-electron chi connectivity index (χ1n) is 21.6. The van der Waals surface area contributed by atoms with Gasteiger partial charge in [0, 0.05) is 26.8 Å². The molecule has 3 fully saturated rings. The molecule has 3 rings (SSSR count). The number of carbonyl (C=O) groups is 10. The van der Waals surface area contributed by atoms with Gasteiger partial charge in [-0.1, -0.05) is 0 Å². The molecular weight excluding hydrogens is 914 g/mol. The zero-order valence-corrected chi connectivity index (χ0v) is 37.7. The number of hydrogen-bond acceptors (Lipinski definition) is 19. The number of ether oxygens (including phenoxy) is 5. The third kappa shape index (κ3) is 17.1. The zero-order chi connectivity index (χ0) is 51.0. The van der Waals surface area contributed by atoms with E-state index in [4.69, 9.17) is 45.4 Å². The fraction of sp³-hybridized carbons (Fsp3) is 0.744. The molecule has 29 heteroatoms. The van der Waals surface area contributed by atoms with E-state index in [2.05, 4.69) is 37.2 Å². The molecule has 15 atom stereocenters. The Morgan fingerprint density at radius 2 is 1.41 bits per heavy atom. The first-order valence-corrected chi connectivity index (χ1v) is 21.6. The number of carbonyl (C=O) groups excluding carboxylic acids is 8. The largest absolute Gasteiger partial charge is 0.481 e. The molecule has 3 aliphatic rings. The lowest BCUT2D eigenvalue weighted by molar-refractivity contribution is -0.313. The lowest BCUT2D eigenvalue weighted by atomic mass is 9.95. The van der Waals surface area contributed by atoms with Crippen LogP contribution in [0.2, 0.25) is 0 Å². The monoisotopic (exact) mass is 977 g/mol. The number of nitrogens with one attached hydrogen (secondary N) is 7. The topological polar surface area (TPSA) is 454 Å². The summed E-state index contributed by atoms with van der Waals surface area (Å²) >= 11 is 0. The number of rotatable bonds is 27. The fourth-order valence-electron chi connectivity index (χ4n) is 7.30. The molecular formula is C39H63N9O20. The SMILES string of the molecule is CC(=O)NC1C(OC2C3COC(O3)C(NC(C)=O)C2OC(C)C(=O)NC(C)C(=O)NC(CCC(=O)NC(CCCCNC(=O)C(N)CC(=O)O)C(=O)NCC(=O)O)C(N)=O)OC(CO)C(O)C1O. The minimum atomic E-state index is -1.68. The van der Waals surface area contributed by atoms with Gasteiger partial charge in [-0.25, -0.2) is 0 Å². The average molecular weight is 978 g/mol. The number of carboxylic acid groups (broad SMARTS) is 2. The Hall–Kier alpha value is -5.66. The van der Waals surface area contributed by atoms with Crippen molar-refractivity contribution in [1.29, 1.82) is 0 Å². The molecule has 3 saturated heterocycles. The van der Waals surface area contributed by atoms with Crippen molar-refractivity contribution in [3.05, 3.63) is 0 Å². The minimum Gasteiger partial charge on any atom is -0.481 e. The van der Waals surface area contributed by atoms with Crippen LogP contribution in [0.3, 0.4) is 0 Å². The van der Waals surface area contributed by atoms with Crippen molar-refractivity contribution in [2.45, 2.75) is 158 Å². The van der Waals surface area contributed by atoms with Crippen molar-refractivity contribution in [2.75, 3.05) is 26.3 Å². The number of fused-ring (bicyclic) bond motifs is 2. The molecule has 0 saturated carbocycles. The molecule has 0 aliphatic carbocycles. The van der Waals surface area contributed by atoms with Gasteiger partial charge in [0.05, 0.1) is 25.7 Å². The van der Waals surface area contributed by atoms with Crippen LogP contribution >= 0.6 is 0 Å². The summed E-state index contributed by atoms with van der Waals surface area (Å²) in [6.45, 7) is 3.31. The Bertz CT molecular complexity index is 1830. The molecule has 8 amide bonds. The van der Waals surface area contributed by atoms with Crippen molar-refractivity contribution < 1.29 is 97.2 Å². The molecule has 0 aromatic rings. The molecule has 68 heavy (non-hydrogen) atoms. The Kier molecular flexibility index (Phi) is 22.3. The van der Waals surface area contributed by atoms with Gasteiger partial charge in [-0.2, -0.15) is 0 Å². The molecule has 3 aliphatic heterocycles. The summed E-state index contributed by atoms with van der Waals surface area (Å²) in [5, 5.41) is 65.8. The number of primary amides is 1. The highest BCUT2D eigenvalue weighted by atomic mass is 16.8. The summed E-state index contributed by atoms with van der Waals surface area (Å²) in [5.74, 6) is -9.07. The van der Waals surface area contributed by atoms with Crippen molar-refractivity contribution in [3.63, 3.8) is 0 Å². The number of carboxylic acids is 2. The molecule has 384 valence electrons. The van der Waals surface area contributed by atoms with Crippen molar-refractivity contribution in [1.82, 2.24) is 37.2 Å². The minimum absolute atomic E-state index is 0.0389. The first-order chi connectivity index (χ1) is 31.9. The maximum absolute atomic E-state index is 13.5. The van der Waals surface area contributed by atoms with Crippen LogP contribution in [0.25, 0.3) is 0 Å². The lowest BCUT2D eigenvalue weighted by Crippen LogP contribution is -2.68. The van der Waals surface area contributed by atoms with Crippen LogP contribution in [0.5, 0.6) is 0 Å². The molecule has 0 spiro atoms. The van der Waals surface area contributed by atoms with Crippen LogP contribution in [0, 0.1) is 0 Å². The number of aliphatic hydroxyl groups excluding tert-OH is 3. The van der Waals surface area contributed by atoms with Crippen LogP contribution < -0.4 is 48.7 Å². The molecule has 0 aromatic heterocycles. The second kappa shape index (κ2) is 26.8. The molecule has 0 radical (unpaired) electrons. The summed E-state index contributed by atoms with van der Waals surface area (Å²) in [7, 11) is 0. The molecule has 15 unspecified atom stereocenters. The van der Waals surface area contributed by atoms with Crippen LogP contribution in [-0.4, -0.2) is 203 Å². The summed E-state index contributed by atoms with van der Waals surface area (Å²) in [5.41, 5.74) is 11.0. The van der Waals surface area contributed by atoms with E-state index in [1.165, 1.54) is 20.8 Å². The predicted octanol–water partition coefficient (Wildman–Crippen LogP) is -7.62. The summed E-state index contributed by atoms with van der Waals surface area (Å²) in [6.07, 6.45) is -13.3. The van der Waals surface area contributed by atoms with Gasteiger partial charge in [0.15, 0.2) is 12.6 Å². The van der Waals surface area contributed by atoms with Gasteiger partial charge in [0.2, 0.25) is 47.3 Å². The van der Waals surface area contributed by atoms with E-state index >= 15 is 0 Å². The van der Waals surface area contributed by atoms with Crippen LogP contribution in [0.4, 0.5) is 0 Å². The van der Waals surface area contributed by atoms with Gasteiger partial charge in [-0.05, 0) is 39.5 Å². The van der Waals surface area contributed by atoms with E-state index in [9.17, 15) is 63.3 Å². The van der Waals surface area contributed by atoms with E-state index in [1.54, 1.807) is 0 Å². The Morgan fingerprint density at radius 3 is 2.01 bits per heavy atom. The number of nitrogens with two attached hydrogens (primary N) is 2. The van der Waals surface area contributed by atoms with E-state index in [0.717, 1.165) is 6.92 Å². The molecule has 2 bridgehead atoms. The van der Waals surface area contributed by atoms with E-state index < -0.39 is 177 Å². The van der Waals surface area contributed by atoms with Gasteiger partial charge in [-0.3, -0.25) is 47.9 Å². The maximum Gasteiger partial charge on any atom is 0.322 e. The highest BCUT2D eigenvalue weighted by Crippen LogP contribution is 2.35. The summed E-state index contributed by atoms with van der Waals surface area (Å²) in [6, 6.07) is -7.92. The van der Waals surface area contributed by atoms with Gasteiger partial charge in [0.1, 0.15) is 79.5 Å². The van der Waals surface area contributed by atoms with Crippen molar-refractivity contribution in [2.24, 2.45) is 11.5 Å². The normalized spacial score (nSPS) is 27.4. The number of aliphatic carboxylic acids is 2. The third-order valence-electron chi connectivity index (χ3n) is 10.8. The molecule has 29 nitrogen and oxygen atoms in total. The number of amides is 8. The number of unbranched alkanes of at least 4 members (excludes halogenated alkanes) is 1. The van der Waals surface area contributed by atoms with E-state index in [1.807, 2.05) is 0 Å². The van der Waals surface area contributed by atoms with E-state index in [0.29, 0.717) is 0 Å². The van der Waals surface area contributed by atoms with Crippen molar-refractivity contribution in [3.8, 4) is 0 Å². The number of hydrogen-bond donors (Lipinski definition) is 14. The smallest absolute Gasteiger partial charge is 0.322 e. The van der Waals surface area contributed by atoms with Gasteiger partial charge >= 0.3 is 11.9 Å². The lowest BCUT2D eigenvalue weighted by Gasteiger charge is -2.47. The van der Waals surface area contributed by atoms with Crippen LogP contribution in [0.15, 0.2) is 0 Å². The van der Waals surface area contributed by atoms with Crippen LogP contribution in [-0.2, 0) is 71.6 Å². The number of aliphatic hydroxyl groups is 3. The highest BCUT2D eigenvalue weighted by Gasteiger charge is 2.56. The quantitative estimate of drug-likeness (QED) is 0.0340. The first kappa shape index (κ1) is 56.7. The summed E-state index contributed by atoms with van der Waals surface area (Å²) in [4.78, 5) is 123. The standard InChI is InChI=1S/C39H63N9O20/c1-15(34(60)48-20(33(41)59)8-9-24(52)47-21(37(63)43-12-26(55)56)7-5-6-10-42-36(62)19(40)11-25(53)54)44-35(61)16(2)65-32-28(46-18(4)51)38-64-14-23(67-38)31(32)68-39-27(45-17(3)50)30(58)29(57)22(13-49)66-39/h15-16,19-23,27-32,38-39,49,57-58H,5-14,40H2,1-4H3,(H2,41,59)(H,42,62)(H,43,63)(H,44,61)(H,45,50)(H,46,51)(H,47,52)(H,48,60)(H,53,54)(H,55,56). The summed E-state index contributed by atoms with van der Waals surface area (Å²) < 4.78 is 29.7. The fourth-order valence-corrected chi connectivity index (χ4v) is 7.30. The Balaban J connectivity index is 1.64. The highest BCUT2D eigenvalue weighted by molar-refractivity contribution is 5.93. The van der Waals surface area contributed by atoms with Gasteiger partial charge < -0.3 is 97.9 Å². The maximum atomic E-state index is 13.5.